The molecular formula is C14H21NO2S. The number of para-hydroxylation sites is 1. The molecule has 3 nitrogen and oxygen atoms in total. The summed E-state index contributed by atoms with van der Waals surface area (Å²) in [7, 11) is 0. The first kappa shape index (κ1) is 15.1. The molecule has 0 aliphatic carbocycles. The Morgan fingerprint density at radius 3 is 2.61 bits per heavy atom. The predicted octanol–water partition coefficient (Wildman–Crippen LogP) is 3.55. The number of hydrogen-bond acceptors (Lipinski definition) is 3. The van der Waals surface area contributed by atoms with Gasteiger partial charge in [-0.25, -0.2) is 0 Å². The molecule has 1 aromatic carbocycles. The van der Waals surface area contributed by atoms with Gasteiger partial charge in [0.2, 0.25) is 5.91 Å². The lowest BCUT2D eigenvalue weighted by Crippen LogP contribution is -2.27. The molecule has 0 saturated heterocycles. The molecule has 0 aliphatic rings. The van der Waals surface area contributed by atoms with Gasteiger partial charge in [0.25, 0.3) is 0 Å². The second-order valence-electron chi connectivity index (χ2n) is 4.88. The molecule has 0 heterocycles. The maximum absolute atomic E-state index is 11.8. The van der Waals surface area contributed by atoms with Crippen molar-refractivity contribution in [2.45, 2.75) is 38.2 Å². The standard InChI is InChI=1S/C14H21NO2S/c1-5-18-12-9-7-6-8-11(12)15-13(16)10-17-14(2,3)4/h6-9H,5,10H2,1-4H3,(H,15,16). The molecule has 0 aromatic heterocycles. The molecule has 0 spiro atoms. The number of carbonyl (C=O) groups excluding carboxylic acids is 1. The number of thioether (sulfide) groups is 1. The van der Waals surface area contributed by atoms with Crippen LogP contribution in [-0.4, -0.2) is 23.9 Å². The molecule has 1 N–H and O–H groups in total. The highest BCUT2D eigenvalue weighted by molar-refractivity contribution is 7.99. The van der Waals surface area contributed by atoms with Gasteiger partial charge in [-0.3, -0.25) is 4.79 Å². The SMILES string of the molecule is CCSc1ccccc1NC(=O)COC(C)(C)C. The van der Waals surface area contributed by atoms with E-state index in [0.717, 1.165) is 16.3 Å². The summed E-state index contributed by atoms with van der Waals surface area (Å²) < 4.78 is 5.44. The normalized spacial score (nSPS) is 11.3. The van der Waals surface area contributed by atoms with Gasteiger partial charge in [0.15, 0.2) is 0 Å². The highest BCUT2D eigenvalue weighted by Gasteiger charge is 2.13. The number of carbonyl (C=O) groups is 1. The molecule has 0 fully saturated rings. The maximum Gasteiger partial charge on any atom is 0.250 e. The summed E-state index contributed by atoms with van der Waals surface area (Å²) in [6.45, 7) is 7.96. The molecule has 100 valence electrons. The Hall–Kier alpha value is -1.00. The van der Waals surface area contributed by atoms with Crippen molar-refractivity contribution in [3.05, 3.63) is 24.3 Å². The summed E-state index contributed by atoms with van der Waals surface area (Å²) in [5.41, 5.74) is 0.557. The fourth-order valence-electron chi connectivity index (χ4n) is 1.32. The first-order valence-electron chi connectivity index (χ1n) is 6.08. The molecule has 0 saturated carbocycles. The molecule has 1 amide bonds. The third-order valence-corrected chi connectivity index (χ3v) is 3.05. The van der Waals surface area contributed by atoms with E-state index in [1.54, 1.807) is 11.8 Å². The highest BCUT2D eigenvalue weighted by Crippen LogP contribution is 2.26. The smallest absolute Gasteiger partial charge is 0.250 e. The van der Waals surface area contributed by atoms with Gasteiger partial charge in [0, 0.05) is 4.90 Å². The van der Waals surface area contributed by atoms with Crippen LogP contribution in [0.3, 0.4) is 0 Å². The van der Waals surface area contributed by atoms with Gasteiger partial charge in [0.1, 0.15) is 6.61 Å². The van der Waals surface area contributed by atoms with Crippen molar-refractivity contribution in [3.63, 3.8) is 0 Å². The van der Waals surface area contributed by atoms with Crippen LogP contribution in [-0.2, 0) is 9.53 Å². The number of benzene rings is 1. The molecule has 18 heavy (non-hydrogen) atoms. The Labute approximate surface area is 113 Å². The second kappa shape index (κ2) is 6.81. The molecule has 0 atom stereocenters. The number of amides is 1. The number of ether oxygens (including phenoxy) is 1. The van der Waals surface area contributed by atoms with Crippen molar-refractivity contribution in [2.24, 2.45) is 0 Å². The van der Waals surface area contributed by atoms with Crippen molar-refractivity contribution in [2.75, 3.05) is 17.7 Å². The van der Waals surface area contributed by atoms with Crippen LogP contribution in [0, 0.1) is 0 Å². The summed E-state index contributed by atoms with van der Waals surface area (Å²) in [5, 5.41) is 2.88. The quantitative estimate of drug-likeness (QED) is 0.829. The lowest BCUT2D eigenvalue weighted by Gasteiger charge is -2.19. The average Bonchev–Trinajstić information content (AvgIpc) is 2.29. The van der Waals surface area contributed by atoms with Crippen LogP contribution in [0.1, 0.15) is 27.7 Å². The highest BCUT2D eigenvalue weighted by atomic mass is 32.2. The van der Waals surface area contributed by atoms with Gasteiger partial charge in [0.05, 0.1) is 11.3 Å². The minimum absolute atomic E-state index is 0.0780. The minimum atomic E-state index is -0.297. The molecule has 0 radical (unpaired) electrons. The zero-order valence-corrected chi connectivity index (χ0v) is 12.3. The zero-order valence-electron chi connectivity index (χ0n) is 11.4. The van der Waals surface area contributed by atoms with Crippen LogP contribution in [0.4, 0.5) is 5.69 Å². The minimum Gasteiger partial charge on any atom is -0.366 e. The van der Waals surface area contributed by atoms with Gasteiger partial charge in [-0.05, 0) is 38.7 Å². The van der Waals surface area contributed by atoms with Crippen molar-refractivity contribution in [3.8, 4) is 0 Å². The number of rotatable bonds is 5. The summed E-state index contributed by atoms with van der Waals surface area (Å²) in [6.07, 6.45) is 0. The molecule has 4 heteroatoms. The van der Waals surface area contributed by atoms with E-state index in [1.165, 1.54) is 0 Å². The third-order valence-electron chi connectivity index (χ3n) is 2.10. The van der Waals surface area contributed by atoms with Gasteiger partial charge in [-0.1, -0.05) is 19.1 Å². The van der Waals surface area contributed by atoms with Crippen LogP contribution in [0.15, 0.2) is 29.2 Å². The van der Waals surface area contributed by atoms with Gasteiger partial charge in [-0.15, -0.1) is 11.8 Å². The fourth-order valence-corrected chi connectivity index (χ4v) is 2.08. The Morgan fingerprint density at radius 1 is 1.33 bits per heavy atom. The first-order chi connectivity index (χ1) is 8.42. The molecular weight excluding hydrogens is 246 g/mol. The van der Waals surface area contributed by atoms with Crippen molar-refractivity contribution < 1.29 is 9.53 Å². The largest absolute Gasteiger partial charge is 0.366 e. The van der Waals surface area contributed by atoms with E-state index < -0.39 is 0 Å². The number of anilines is 1. The van der Waals surface area contributed by atoms with Crippen molar-refractivity contribution in [1.82, 2.24) is 0 Å². The lowest BCUT2D eigenvalue weighted by atomic mass is 10.2. The van der Waals surface area contributed by atoms with E-state index in [-0.39, 0.29) is 18.1 Å². The molecule has 0 unspecified atom stereocenters. The topological polar surface area (TPSA) is 38.3 Å². The fraction of sp³-hybridized carbons (Fsp3) is 0.500. The zero-order chi connectivity index (χ0) is 13.6. The Balaban J connectivity index is 2.59. The summed E-state index contributed by atoms with van der Waals surface area (Å²) >= 11 is 1.71. The first-order valence-corrected chi connectivity index (χ1v) is 7.06. The van der Waals surface area contributed by atoms with E-state index in [4.69, 9.17) is 4.74 Å². The van der Waals surface area contributed by atoms with E-state index in [0.29, 0.717) is 0 Å². The Kier molecular flexibility index (Phi) is 5.69. The van der Waals surface area contributed by atoms with E-state index in [2.05, 4.69) is 12.2 Å². The molecule has 1 rings (SSSR count). The Morgan fingerprint density at radius 2 is 2.00 bits per heavy atom. The molecule has 1 aromatic rings. The summed E-state index contributed by atoms with van der Waals surface area (Å²) in [4.78, 5) is 12.9. The second-order valence-corrected chi connectivity index (χ2v) is 6.18. The predicted molar refractivity (Wildman–Crippen MR) is 77.2 cm³/mol. The van der Waals surface area contributed by atoms with Crippen LogP contribution < -0.4 is 5.32 Å². The lowest BCUT2D eigenvalue weighted by molar-refractivity contribution is -0.125. The van der Waals surface area contributed by atoms with Crippen LogP contribution in [0.5, 0.6) is 0 Å². The van der Waals surface area contributed by atoms with Crippen molar-refractivity contribution >= 4 is 23.4 Å². The third kappa shape index (κ3) is 5.56. The van der Waals surface area contributed by atoms with E-state index in [1.807, 2.05) is 45.0 Å². The van der Waals surface area contributed by atoms with Crippen LogP contribution in [0.2, 0.25) is 0 Å². The van der Waals surface area contributed by atoms with Gasteiger partial charge < -0.3 is 10.1 Å². The number of nitrogens with one attached hydrogen (secondary N) is 1. The van der Waals surface area contributed by atoms with Gasteiger partial charge in [-0.2, -0.15) is 0 Å². The average molecular weight is 267 g/mol. The summed E-state index contributed by atoms with van der Waals surface area (Å²) in [6, 6.07) is 7.81. The van der Waals surface area contributed by atoms with Crippen LogP contribution in [0.25, 0.3) is 0 Å². The van der Waals surface area contributed by atoms with E-state index >= 15 is 0 Å². The van der Waals surface area contributed by atoms with Crippen LogP contribution >= 0.6 is 11.8 Å². The molecule has 0 aliphatic heterocycles. The summed E-state index contributed by atoms with van der Waals surface area (Å²) in [5.74, 6) is 0.861. The maximum atomic E-state index is 11.8. The van der Waals surface area contributed by atoms with Crippen molar-refractivity contribution in [1.29, 1.82) is 0 Å². The van der Waals surface area contributed by atoms with E-state index in [9.17, 15) is 4.79 Å². The molecule has 0 bridgehead atoms. The Bertz CT molecular complexity index is 399. The van der Waals surface area contributed by atoms with Gasteiger partial charge >= 0.3 is 0 Å². The number of hydrogen-bond donors (Lipinski definition) is 1. The monoisotopic (exact) mass is 267 g/mol.